The Hall–Kier alpha value is -3.36. The van der Waals surface area contributed by atoms with Crippen molar-refractivity contribution in [3.05, 3.63) is 53.6 Å². The zero-order valence-electron chi connectivity index (χ0n) is 22.5. The second-order valence-corrected chi connectivity index (χ2v) is 11.1. The Morgan fingerprint density at radius 2 is 1.70 bits per heavy atom. The Labute approximate surface area is 231 Å². The Morgan fingerprint density at radius 1 is 1.10 bits per heavy atom. The predicted molar refractivity (Wildman–Crippen MR) is 145 cm³/mol. The zero-order valence-corrected chi connectivity index (χ0v) is 23.4. The average Bonchev–Trinajstić information content (AvgIpc) is 2.89. The lowest BCUT2D eigenvalue weighted by atomic mass is 10.0. The van der Waals surface area contributed by atoms with Gasteiger partial charge < -0.3 is 25.4 Å². The number of rotatable bonds is 10. The number of carbonyl (C=O) groups is 2. The van der Waals surface area contributed by atoms with Crippen LogP contribution in [0.15, 0.2) is 47.4 Å². The molecule has 0 atom stereocenters. The fourth-order valence-electron chi connectivity index (χ4n) is 3.81. The summed E-state index contributed by atoms with van der Waals surface area (Å²) in [7, 11) is -2.21. The van der Waals surface area contributed by atoms with Crippen LogP contribution in [0.3, 0.4) is 0 Å². The third kappa shape index (κ3) is 10.3. The number of benzene rings is 2. The van der Waals surface area contributed by atoms with Crippen molar-refractivity contribution in [2.75, 3.05) is 56.1 Å². The SMILES string of the molecule is COCCNC(=O)c1cc(NS(=O)(=O)c2ccc(CC(C)C)cc2)ccc1N1CCNCC1.O=C(O)C(F)(F)F. The van der Waals surface area contributed by atoms with Crippen LogP contribution in [0.5, 0.6) is 0 Å². The highest BCUT2D eigenvalue weighted by Gasteiger charge is 2.38. The molecule has 2 aromatic rings. The predicted octanol–water partition coefficient (Wildman–Crippen LogP) is 3.11. The highest BCUT2D eigenvalue weighted by atomic mass is 32.2. The van der Waals surface area contributed by atoms with E-state index >= 15 is 0 Å². The van der Waals surface area contributed by atoms with Crippen molar-refractivity contribution in [1.29, 1.82) is 0 Å². The van der Waals surface area contributed by atoms with E-state index in [-0.39, 0.29) is 10.8 Å². The van der Waals surface area contributed by atoms with Crippen LogP contribution in [0.4, 0.5) is 24.5 Å². The van der Waals surface area contributed by atoms with Gasteiger partial charge in [-0.1, -0.05) is 26.0 Å². The van der Waals surface area contributed by atoms with Gasteiger partial charge in [-0.05, 0) is 48.2 Å². The molecule has 0 radical (unpaired) electrons. The van der Waals surface area contributed by atoms with Crippen LogP contribution >= 0.6 is 0 Å². The molecule has 222 valence electrons. The van der Waals surface area contributed by atoms with Crippen molar-refractivity contribution in [3.63, 3.8) is 0 Å². The van der Waals surface area contributed by atoms with Crippen molar-refractivity contribution in [2.45, 2.75) is 31.3 Å². The molecular formula is C26H35F3N4O6S. The third-order valence-corrected chi connectivity index (χ3v) is 7.06. The molecule has 40 heavy (non-hydrogen) atoms. The monoisotopic (exact) mass is 588 g/mol. The smallest absolute Gasteiger partial charge is 0.475 e. The zero-order chi connectivity index (χ0) is 29.9. The van der Waals surface area contributed by atoms with E-state index < -0.39 is 22.2 Å². The van der Waals surface area contributed by atoms with Gasteiger partial charge in [0.15, 0.2) is 0 Å². The number of methoxy groups -OCH3 is 1. The number of hydrogen-bond donors (Lipinski definition) is 4. The number of halogens is 3. The van der Waals surface area contributed by atoms with Gasteiger partial charge in [0.2, 0.25) is 0 Å². The van der Waals surface area contributed by atoms with Gasteiger partial charge in [-0.2, -0.15) is 13.2 Å². The lowest BCUT2D eigenvalue weighted by Gasteiger charge is -2.31. The molecule has 3 rings (SSSR count). The number of carboxylic acids is 1. The van der Waals surface area contributed by atoms with Gasteiger partial charge >= 0.3 is 12.1 Å². The number of nitrogens with one attached hydrogen (secondary N) is 3. The Balaban J connectivity index is 0.000000708. The van der Waals surface area contributed by atoms with Crippen LogP contribution in [0, 0.1) is 5.92 Å². The number of amides is 1. The Bertz CT molecular complexity index is 1230. The summed E-state index contributed by atoms with van der Waals surface area (Å²) in [6.45, 7) is 8.21. The number of carboxylic acid groups (broad SMARTS) is 1. The molecule has 14 heteroatoms. The number of nitrogens with zero attached hydrogens (tertiary/aromatic N) is 1. The second kappa shape index (κ2) is 14.9. The number of sulfonamides is 1. The standard InChI is InChI=1S/C24H34N4O4S.C2HF3O2/c1-18(2)16-19-4-7-21(8-5-19)33(30,31)27-20-6-9-23(28-13-10-25-11-14-28)22(17-20)24(29)26-12-15-32-3;3-2(4,5)1(6)7/h4-9,17-18,25,27H,10-16H2,1-3H3,(H,26,29);(H,6,7). The van der Waals surface area contributed by atoms with E-state index in [1.54, 1.807) is 37.4 Å². The van der Waals surface area contributed by atoms with E-state index in [0.717, 1.165) is 43.9 Å². The maximum atomic E-state index is 13.0. The van der Waals surface area contributed by atoms with E-state index in [9.17, 15) is 26.4 Å². The van der Waals surface area contributed by atoms with E-state index in [0.29, 0.717) is 30.3 Å². The van der Waals surface area contributed by atoms with Crippen molar-refractivity contribution in [2.24, 2.45) is 5.92 Å². The van der Waals surface area contributed by atoms with Gasteiger partial charge in [-0.25, -0.2) is 13.2 Å². The molecule has 1 amide bonds. The lowest BCUT2D eigenvalue weighted by molar-refractivity contribution is -0.192. The van der Waals surface area contributed by atoms with Gasteiger partial charge in [0.05, 0.1) is 17.1 Å². The number of aliphatic carboxylic acids is 1. The number of ether oxygens (including phenoxy) is 1. The molecule has 0 spiro atoms. The Kier molecular flexibility index (Phi) is 12.2. The van der Waals surface area contributed by atoms with E-state index in [4.69, 9.17) is 14.6 Å². The van der Waals surface area contributed by atoms with Crippen molar-refractivity contribution in [3.8, 4) is 0 Å². The fraction of sp³-hybridized carbons (Fsp3) is 0.462. The molecule has 1 heterocycles. The summed E-state index contributed by atoms with van der Waals surface area (Å²) in [6, 6.07) is 12.0. The quantitative estimate of drug-likeness (QED) is 0.311. The first-order chi connectivity index (χ1) is 18.7. The van der Waals surface area contributed by atoms with Crippen molar-refractivity contribution in [1.82, 2.24) is 10.6 Å². The minimum atomic E-state index is -5.08. The molecular weight excluding hydrogens is 553 g/mol. The highest BCUT2D eigenvalue weighted by Crippen LogP contribution is 2.27. The summed E-state index contributed by atoms with van der Waals surface area (Å²) < 4.78 is 65.3. The molecule has 0 unspecified atom stereocenters. The first-order valence-corrected chi connectivity index (χ1v) is 14.0. The highest BCUT2D eigenvalue weighted by molar-refractivity contribution is 7.92. The summed E-state index contributed by atoms with van der Waals surface area (Å²) in [5.74, 6) is -2.53. The summed E-state index contributed by atoms with van der Waals surface area (Å²) in [4.78, 5) is 24.1. The van der Waals surface area contributed by atoms with Gasteiger partial charge in [-0.3, -0.25) is 9.52 Å². The van der Waals surface area contributed by atoms with Crippen LogP contribution in [0.1, 0.15) is 29.8 Å². The van der Waals surface area contributed by atoms with Crippen molar-refractivity contribution >= 4 is 33.3 Å². The van der Waals surface area contributed by atoms with E-state index in [1.165, 1.54) is 0 Å². The molecule has 1 fully saturated rings. The number of alkyl halides is 3. The van der Waals surface area contributed by atoms with E-state index in [2.05, 4.69) is 34.1 Å². The van der Waals surface area contributed by atoms with Gasteiger partial charge in [-0.15, -0.1) is 0 Å². The molecule has 1 saturated heterocycles. The first kappa shape index (κ1) is 32.8. The number of piperazine rings is 1. The summed E-state index contributed by atoms with van der Waals surface area (Å²) in [6.07, 6.45) is -4.19. The molecule has 1 aliphatic heterocycles. The maximum Gasteiger partial charge on any atom is 0.490 e. The molecule has 0 aromatic heterocycles. The second-order valence-electron chi connectivity index (χ2n) is 9.37. The van der Waals surface area contributed by atoms with Crippen LogP contribution in [0.25, 0.3) is 0 Å². The summed E-state index contributed by atoms with van der Waals surface area (Å²) >= 11 is 0. The molecule has 4 N–H and O–H groups in total. The van der Waals surface area contributed by atoms with Crippen LogP contribution in [-0.4, -0.2) is 78.0 Å². The molecule has 1 aliphatic rings. The minimum Gasteiger partial charge on any atom is -0.475 e. The number of carbonyl (C=O) groups excluding carboxylic acids is 1. The van der Waals surface area contributed by atoms with Gasteiger partial charge in [0.25, 0.3) is 15.9 Å². The van der Waals surface area contributed by atoms with E-state index in [1.807, 2.05) is 12.1 Å². The number of anilines is 2. The lowest BCUT2D eigenvalue weighted by Crippen LogP contribution is -2.44. The summed E-state index contributed by atoms with van der Waals surface area (Å²) in [5.41, 5.74) is 2.66. The molecule has 10 nitrogen and oxygen atoms in total. The normalized spacial score (nSPS) is 13.8. The maximum absolute atomic E-state index is 13.0. The topological polar surface area (TPSA) is 137 Å². The van der Waals surface area contributed by atoms with Crippen LogP contribution in [-0.2, 0) is 26.0 Å². The van der Waals surface area contributed by atoms with Crippen LogP contribution < -0.4 is 20.3 Å². The van der Waals surface area contributed by atoms with Crippen LogP contribution in [0.2, 0.25) is 0 Å². The third-order valence-electron chi connectivity index (χ3n) is 5.66. The van der Waals surface area contributed by atoms with Gasteiger partial charge in [0, 0.05) is 51.2 Å². The average molecular weight is 589 g/mol. The van der Waals surface area contributed by atoms with Crippen molar-refractivity contribution < 1.29 is 41.0 Å². The molecule has 2 aromatic carbocycles. The first-order valence-electron chi connectivity index (χ1n) is 12.5. The Morgan fingerprint density at radius 3 is 2.23 bits per heavy atom. The molecule has 0 saturated carbocycles. The fourth-order valence-corrected chi connectivity index (χ4v) is 4.86. The van der Waals surface area contributed by atoms with Gasteiger partial charge in [0.1, 0.15) is 0 Å². The molecule has 0 bridgehead atoms. The molecule has 0 aliphatic carbocycles. The largest absolute Gasteiger partial charge is 0.490 e. The minimum absolute atomic E-state index is 0.187. The number of hydrogen-bond acceptors (Lipinski definition) is 7. The summed E-state index contributed by atoms with van der Waals surface area (Å²) in [5, 5.41) is 13.3.